The second-order valence-electron chi connectivity index (χ2n) is 12.6. The van der Waals surface area contributed by atoms with Crippen molar-refractivity contribution in [3.05, 3.63) is 118 Å². The van der Waals surface area contributed by atoms with Crippen LogP contribution in [0.15, 0.2) is 99.5 Å². The third kappa shape index (κ3) is 8.38. The number of nitrogen functional groups attached to an aromatic ring is 1. The first-order chi connectivity index (χ1) is 25.1. The molecule has 278 valence electrons. The van der Waals surface area contributed by atoms with Crippen molar-refractivity contribution in [2.45, 2.75) is 22.3 Å². The van der Waals surface area contributed by atoms with Crippen molar-refractivity contribution in [1.29, 1.82) is 0 Å². The minimum atomic E-state index is -3.79. The molecule has 0 spiro atoms. The minimum absolute atomic E-state index is 0.0285. The summed E-state index contributed by atoms with van der Waals surface area (Å²) < 4.78 is 87.9. The van der Waals surface area contributed by atoms with Crippen molar-refractivity contribution in [2.24, 2.45) is 0 Å². The molecule has 1 aliphatic heterocycles. The molecule has 0 radical (unpaired) electrons. The number of nitrogens with zero attached hydrogens (tertiary/aromatic N) is 4. The van der Waals surface area contributed by atoms with Crippen LogP contribution in [0.5, 0.6) is 5.75 Å². The van der Waals surface area contributed by atoms with Crippen LogP contribution in [0.25, 0.3) is 16.6 Å². The van der Waals surface area contributed by atoms with Crippen LogP contribution in [0.3, 0.4) is 0 Å². The van der Waals surface area contributed by atoms with E-state index in [4.69, 9.17) is 15.5 Å². The van der Waals surface area contributed by atoms with E-state index in [0.717, 1.165) is 18.4 Å². The van der Waals surface area contributed by atoms with Crippen molar-refractivity contribution in [1.82, 2.24) is 24.1 Å². The summed E-state index contributed by atoms with van der Waals surface area (Å²) in [5, 5.41) is 2.96. The Bertz CT molecular complexity index is 2430. The molecule has 2 heterocycles. The molecule has 1 aromatic heterocycles. The molecule has 0 unspecified atom stereocenters. The molecule has 1 amide bonds. The maximum atomic E-state index is 14.4. The predicted octanol–water partition coefficient (Wildman–Crippen LogP) is 3.06. The van der Waals surface area contributed by atoms with Crippen LogP contribution in [0, 0.1) is 11.6 Å². The molecule has 0 bridgehead atoms. The number of fused-ring (bicyclic) bond motifs is 1. The number of carbonyl (C=O) groups excluding carboxylic acids is 1. The van der Waals surface area contributed by atoms with Gasteiger partial charge in [0, 0.05) is 50.6 Å². The third-order valence-electron chi connectivity index (χ3n) is 8.85. The molecule has 53 heavy (non-hydrogen) atoms. The molecule has 6 rings (SSSR count). The summed E-state index contributed by atoms with van der Waals surface area (Å²) in [5.41, 5.74) is 6.06. The van der Waals surface area contributed by atoms with Gasteiger partial charge in [-0.2, -0.15) is 4.31 Å². The van der Waals surface area contributed by atoms with Crippen LogP contribution in [-0.2, 0) is 31.1 Å². The predicted molar refractivity (Wildman–Crippen MR) is 194 cm³/mol. The van der Waals surface area contributed by atoms with Gasteiger partial charge in [-0.25, -0.2) is 30.6 Å². The van der Waals surface area contributed by atoms with Crippen LogP contribution in [0.2, 0.25) is 0 Å². The van der Waals surface area contributed by atoms with E-state index < -0.39 is 49.0 Å². The first kappa shape index (κ1) is 37.5. The molecule has 0 saturated carbocycles. The van der Waals surface area contributed by atoms with E-state index in [1.165, 1.54) is 58.4 Å². The number of sulfonamides is 1. The third-order valence-corrected chi connectivity index (χ3v) is 11.9. The number of benzene rings is 4. The highest BCUT2D eigenvalue weighted by molar-refractivity contribution is 7.90. The Morgan fingerprint density at radius 2 is 1.51 bits per heavy atom. The molecular weight excluding hydrogens is 731 g/mol. The summed E-state index contributed by atoms with van der Waals surface area (Å²) in [7, 11) is -6.02. The highest BCUT2D eigenvalue weighted by Crippen LogP contribution is 2.26. The number of halogens is 2. The van der Waals surface area contributed by atoms with Gasteiger partial charge in [0.1, 0.15) is 23.2 Å². The van der Waals surface area contributed by atoms with Gasteiger partial charge < -0.3 is 15.8 Å². The molecule has 1 aliphatic rings. The zero-order valence-corrected chi connectivity index (χ0v) is 30.3. The van der Waals surface area contributed by atoms with Gasteiger partial charge in [-0.15, -0.1) is 0 Å². The number of aromatic nitrogens is 2. The fourth-order valence-corrected chi connectivity index (χ4v) is 8.22. The number of carbonyl (C=O) groups is 1. The molecule has 5 aromatic rings. The van der Waals surface area contributed by atoms with Gasteiger partial charge in [-0.05, 0) is 84.4 Å². The highest BCUT2D eigenvalue weighted by atomic mass is 32.2. The fourth-order valence-electron chi connectivity index (χ4n) is 6.16. The number of hydrogen-bond acceptors (Lipinski definition) is 10. The van der Waals surface area contributed by atoms with Crippen molar-refractivity contribution in [3.8, 4) is 11.4 Å². The monoisotopic (exact) mass is 766 g/mol. The molecule has 1 saturated heterocycles. The van der Waals surface area contributed by atoms with Crippen molar-refractivity contribution >= 4 is 42.4 Å². The van der Waals surface area contributed by atoms with Gasteiger partial charge in [0.15, 0.2) is 9.84 Å². The average molecular weight is 767 g/mol. The van der Waals surface area contributed by atoms with Gasteiger partial charge in [0.05, 0.1) is 46.1 Å². The topological polar surface area (TPSA) is 174 Å². The number of methoxy groups -OCH3 is 1. The van der Waals surface area contributed by atoms with E-state index in [-0.39, 0.29) is 71.2 Å². The Balaban J connectivity index is 1.35. The number of piperazine rings is 1. The summed E-state index contributed by atoms with van der Waals surface area (Å²) >= 11 is 0. The van der Waals surface area contributed by atoms with Crippen LogP contribution >= 0.6 is 0 Å². The Hall–Kier alpha value is -5.23. The van der Waals surface area contributed by atoms with E-state index >= 15 is 0 Å². The quantitative estimate of drug-likeness (QED) is 0.190. The number of nitrogens with two attached hydrogens (primary N) is 1. The number of hydrogen-bond donors (Lipinski definition) is 2. The largest absolute Gasteiger partial charge is 0.497 e. The van der Waals surface area contributed by atoms with E-state index in [1.54, 1.807) is 29.2 Å². The molecule has 0 aliphatic carbocycles. The zero-order valence-electron chi connectivity index (χ0n) is 28.7. The lowest BCUT2D eigenvalue weighted by Gasteiger charge is -2.34. The molecule has 1 atom stereocenters. The van der Waals surface area contributed by atoms with Gasteiger partial charge >= 0.3 is 0 Å². The second kappa shape index (κ2) is 15.0. The number of sulfone groups is 1. The SMILES string of the molecule is COc1ccc(-n2c([C@H](Cc3cc(F)cc(F)c3)NC(=O)CN3CCN(S(=O)(=O)c4ccc(N)cc4)CC3)nc3cc(S(C)(=O)=O)ccc3c2=O)cc1. The van der Waals surface area contributed by atoms with Crippen LogP contribution < -0.4 is 21.3 Å². The molecule has 1 fully saturated rings. The number of anilines is 1. The smallest absolute Gasteiger partial charge is 0.266 e. The van der Waals surface area contributed by atoms with E-state index in [9.17, 15) is 35.2 Å². The average Bonchev–Trinajstić information content (AvgIpc) is 3.11. The first-order valence-electron chi connectivity index (χ1n) is 16.4. The van der Waals surface area contributed by atoms with Crippen molar-refractivity contribution in [2.75, 3.05) is 51.8 Å². The number of amides is 1. The molecule has 13 nitrogen and oxygen atoms in total. The summed E-state index contributed by atoms with van der Waals surface area (Å²) in [4.78, 5) is 34.4. The van der Waals surface area contributed by atoms with Crippen molar-refractivity contribution in [3.63, 3.8) is 0 Å². The second-order valence-corrected chi connectivity index (χ2v) is 16.6. The fraction of sp³-hybridized carbons (Fsp3) is 0.250. The summed E-state index contributed by atoms with van der Waals surface area (Å²) in [6, 6.07) is 18.0. The summed E-state index contributed by atoms with van der Waals surface area (Å²) in [5.74, 6) is -1.78. The molecular formula is C36H36F2N6O7S2. The lowest BCUT2D eigenvalue weighted by molar-refractivity contribution is -0.123. The lowest BCUT2D eigenvalue weighted by atomic mass is 10.0. The van der Waals surface area contributed by atoms with Gasteiger partial charge in [-0.1, -0.05) is 0 Å². The van der Waals surface area contributed by atoms with E-state index in [1.807, 2.05) is 0 Å². The Kier molecular flexibility index (Phi) is 10.6. The lowest BCUT2D eigenvalue weighted by Crippen LogP contribution is -2.51. The number of nitrogens with one attached hydrogen (secondary N) is 1. The number of rotatable bonds is 11. The maximum Gasteiger partial charge on any atom is 0.266 e. The van der Waals surface area contributed by atoms with Crippen LogP contribution in [0.1, 0.15) is 17.4 Å². The number of ether oxygens (including phenoxy) is 1. The Morgan fingerprint density at radius 3 is 2.11 bits per heavy atom. The minimum Gasteiger partial charge on any atom is -0.497 e. The summed E-state index contributed by atoms with van der Waals surface area (Å²) in [6.45, 7) is 0.485. The van der Waals surface area contributed by atoms with E-state index in [2.05, 4.69) is 5.32 Å². The van der Waals surface area contributed by atoms with Gasteiger partial charge in [0.25, 0.3) is 5.56 Å². The Morgan fingerprint density at radius 1 is 0.887 bits per heavy atom. The van der Waals surface area contributed by atoms with Crippen LogP contribution in [-0.4, -0.2) is 87.6 Å². The van der Waals surface area contributed by atoms with Crippen molar-refractivity contribution < 1.29 is 35.1 Å². The molecule has 17 heteroatoms. The van der Waals surface area contributed by atoms with Gasteiger partial charge in [-0.3, -0.25) is 19.1 Å². The zero-order chi connectivity index (χ0) is 38.1. The van der Waals surface area contributed by atoms with Crippen LogP contribution in [0.4, 0.5) is 14.5 Å². The molecule has 4 aromatic carbocycles. The highest BCUT2D eigenvalue weighted by Gasteiger charge is 2.30. The molecule has 3 N–H and O–H groups in total. The standard InChI is InChI=1S/C36H36F2N6O7S2/c1-51-28-7-5-27(6-8-28)44-35(41-32-21-30(52(2,47)48)11-12-31(32)36(44)46)33(19-23-17-24(37)20-25(38)18-23)40-34(45)22-42-13-15-43(16-14-42)53(49,50)29-9-3-26(39)4-10-29/h3-12,17-18,20-21,33H,13-16,19,22,39H2,1-2H3,(H,40,45)/t33-/m0/s1. The maximum absolute atomic E-state index is 14.4. The van der Waals surface area contributed by atoms with E-state index in [0.29, 0.717) is 23.2 Å². The Labute approximate surface area is 304 Å². The summed E-state index contributed by atoms with van der Waals surface area (Å²) in [6.07, 6.45) is 0.802. The normalized spacial score (nSPS) is 14.9. The first-order valence-corrected chi connectivity index (χ1v) is 19.7. The van der Waals surface area contributed by atoms with Gasteiger partial charge in [0.2, 0.25) is 15.9 Å².